The Hall–Kier alpha value is -0.800. The summed E-state index contributed by atoms with van der Waals surface area (Å²) in [5.41, 5.74) is 1.37. The zero-order chi connectivity index (χ0) is 12.0. The number of aryl methyl sites for hydroxylation is 1. The van der Waals surface area contributed by atoms with Crippen LogP contribution in [0.5, 0.6) is 0 Å². The SMILES string of the molecule is CCn1cccc1CNCCN(C)C(C)C. The molecule has 0 aliphatic heterocycles. The summed E-state index contributed by atoms with van der Waals surface area (Å²) in [5, 5.41) is 3.49. The Morgan fingerprint density at radius 3 is 2.81 bits per heavy atom. The lowest BCUT2D eigenvalue weighted by atomic mass is 10.3. The van der Waals surface area contributed by atoms with Crippen LogP contribution in [0.4, 0.5) is 0 Å². The molecule has 0 fully saturated rings. The molecule has 0 saturated heterocycles. The number of hydrogen-bond acceptors (Lipinski definition) is 2. The van der Waals surface area contributed by atoms with E-state index in [0.29, 0.717) is 6.04 Å². The maximum absolute atomic E-state index is 3.49. The van der Waals surface area contributed by atoms with Crippen LogP contribution < -0.4 is 5.32 Å². The molecule has 16 heavy (non-hydrogen) atoms. The quantitative estimate of drug-likeness (QED) is 0.713. The molecule has 1 aromatic heterocycles. The number of nitrogens with one attached hydrogen (secondary N) is 1. The van der Waals surface area contributed by atoms with Crippen LogP contribution >= 0.6 is 0 Å². The second kappa shape index (κ2) is 6.71. The van der Waals surface area contributed by atoms with Gasteiger partial charge in [0.25, 0.3) is 0 Å². The first-order valence-corrected chi connectivity index (χ1v) is 6.20. The molecule has 0 aliphatic carbocycles. The Kier molecular flexibility index (Phi) is 5.56. The van der Waals surface area contributed by atoms with E-state index in [1.807, 2.05) is 0 Å². The molecule has 0 amide bonds. The average Bonchev–Trinajstić information content (AvgIpc) is 2.71. The predicted octanol–water partition coefficient (Wildman–Crippen LogP) is 1.94. The van der Waals surface area contributed by atoms with E-state index in [2.05, 4.69) is 60.9 Å². The van der Waals surface area contributed by atoms with Gasteiger partial charge in [-0.25, -0.2) is 0 Å². The van der Waals surface area contributed by atoms with Crippen molar-refractivity contribution in [2.75, 3.05) is 20.1 Å². The first-order chi connectivity index (χ1) is 7.65. The minimum atomic E-state index is 0.626. The molecule has 1 aromatic rings. The first kappa shape index (κ1) is 13.3. The summed E-state index contributed by atoms with van der Waals surface area (Å²) in [4.78, 5) is 2.35. The van der Waals surface area contributed by atoms with E-state index < -0.39 is 0 Å². The number of nitrogens with zero attached hydrogens (tertiary/aromatic N) is 2. The van der Waals surface area contributed by atoms with Gasteiger partial charge < -0.3 is 14.8 Å². The van der Waals surface area contributed by atoms with Crippen molar-refractivity contribution in [1.82, 2.24) is 14.8 Å². The van der Waals surface area contributed by atoms with Gasteiger partial charge >= 0.3 is 0 Å². The molecular formula is C13H25N3. The van der Waals surface area contributed by atoms with Crippen LogP contribution in [0.3, 0.4) is 0 Å². The van der Waals surface area contributed by atoms with Gasteiger partial charge in [-0.15, -0.1) is 0 Å². The Bertz CT molecular complexity index is 291. The minimum absolute atomic E-state index is 0.626. The van der Waals surface area contributed by atoms with Crippen molar-refractivity contribution in [3.05, 3.63) is 24.0 Å². The van der Waals surface area contributed by atoms with Crippen LogP contribution in [0, 0.1) is 0 Å². The van der Waals surface area contributed by atoms with Gasteiger partial charge in [-0.1, -0.05) is 0 Å². The van der Waals surface area contributed by atoms with E-state index in [1.54, 1.807) is 0 Å². The number of likely N-dealkylation sites (N-methyl/N-ethyl adjacent to an activating group) is 1. The van der Waals surface area contributed by atoms with Crippen molar-refractivity contribution in [3.63, 3.8) is 0 Å². The van der Waals surface area contributed by atoms with Crippen molar-refractivity contribution in [2.45, 2.75) is 39.9 Å². The van der Waals surface area contributed by atoms with E-state index >= 15 is 0 Å². The van der Waals surface area contributed by atoms with Gasteiger partial charge in [0, 0.05) is 44.1 Å². The third-order valence-corrected chi connectivity index (χ3v) is 3.09. The van der Waals surface area contributed by atoms with E-state index in [0.717, 1.165) is 26.2 Å². The fourth-order valence-corrected chi connectivity index (χ4v) is 1.65. The summed E-state index contributed by atoms with van der Waals surface area (Å²) in [5.74, 6) is 0. The number of rotatable bonds is 7. The highest BCUT2D eigenvalue weighted by Crippen LogP contribution is 2.01. The van der Waals surface area contributed by atoms with Crippen LogP contribution in [-0.4, -0.2) is 35.6 Å². The number of hydrogen-bond donors (Lipinski definition) is 1. The molecule has 0 bridgehead atoms. The summed E-state index contributed by atoms with van der Waals surface area (Å²) in [6.07, 6.45) is 2.14. The standard InChI is InChI=1S/C13H25N3/c1-5-16-9-6-7-13(16)11-14-8-10-15(4)12(2)3/h6-7,9,12,14H,5,8,10-11H2,1-4H3. The predicted molar refractivity (Wildman–Crippen MR) is 69.6 cm³/mol. The van der Waals surface area contributed by atoms with Gasteiger partial charge in [-0.05, 0) is 40.0 Å². The zero-order valence-corrected chi connectivity index (χ0v) is 11.0. The van der Waals surface area contributed by atoms with Crippen LogP contribution in [0.1, 0.15) is 26.5 Å². The van der Waals surface area contributed by atoms with Crippen LogP contribution in [-0.2, 0) is 13.1 Å². The van der Waals surface area contributed by atoms with Crippen LogP contribution in [0.2, 0.25) is 0 Å². The van der Waals surface area contributed by atoms with Crippen molar-refractivity contribution in [2.24, 2.45) is 0 Å². The summed E-state index contributed by atoms with van der Waals surface area (Å²) in [7, 11) is 2.17. The largest absolute Gasteiger partial charge is 0.351 e. The minimum Gasteiger partial charge on any atom is -0.351 e. The molecule has 92 valence electrons. The third kappa shape index (κ3) is 3.99. The van der Waals surface area contributed by atoms with Crippen molar-refractivity contribution in [1.29, 1.82) is 0 Å². The topological polar surface area (TPSA) is 20.2 Å². The van der Waals surface area contributed by atoms with Gasteiger partial charge in [0.2, 0.25) is 0 Å². The van der Waals surface area contributed by atoms with Gasteiger partial charge in [0.1, 0.15) is 0 Å². The second-order valence-electron chi connectivity index (χ2n) is 4.54. The summed E-state index contributed by atoms with van der Waals surface area (Å²) < 4.78 is 2.28. The van der Waals surface area contributed by atoms with Crippen LogP contribution in [0.15, 0.2) is 18.3 Å². The van der Waals surface area contributed by atoms with Gasteiger partial charge in [-0.2, -0.15) is 0 Å². The molecule has 1 heterocycles. The maximum Gasteiger partial charge on any atom is 0.0359 e. The molecule has 0 aromatic carbocycles. The fourth-order valence-electron chi connectivity index (χ4n) is 1.65. The molecule has 3 heteroatoms. The maximum atomic E-state index is 3.49. The lowest BCUT2D eigenvalue weighted by Gasteiger charge is -2.21. The summed E-state index contributed by atoms with van der Waals surface area (Å²) >= 11 is 0. The van der Waals surface area contributed by atoms with Crippen molar-refractivity contribution in [3.8, 4) is 0 Å². The molecule has 0 aliphatic rings. The molecule has 3 nitrogen and oxygen atoms in total. The smallest absolute Gasteiger partial charge is 0.0359 e. The summed E-state index contributed by atoms with van der Waals surface area (Å²) in [6.45, 7) is 10.8. The first-order valence-electron chi connectivity index (χ1n) is 6.20. The Labute approximate surface area is 99.4 Å². The Morgan fingerprint density at radius 2 is 2.19 bits per heavy atom. The fraction of sp³-hybridized carbons (Fsp3) is 0.692. The third-order valence-electron chi connectivity index (χ3n) is 3.09. The molecule has 0 saturated carbocycles. The Morgan fingerprint density at radius 1 is 1.44 bits per heavy atom. The van der Waals surface area contributed by atoms with Gasteiger partial charge in [0.05, 0.1) is 0 Å². The molecule has 1 rings (SSSR count). The molecule has 0 unspecified atom stereocenters. The van der Waals surface area contributed by atoms with Crippen molar-refractivity contribution < 1.29 is 0 Å². The Balaban J connectivity index is 2.21. The molecule has 0 spiro atoms. The highest BCUT2D eigenvalue weighted by Gasteiger charge is 2.02. The average molecular weight is 223 g/mol. The van der Waals surface area contributed by atoms with E-state index in [1.165, 1.54) is 5.69 Å². The molecule has 0 atom stereocenters. The van der Waals surface area contributed by atoms with E-state index in [4.69, 9.17) is 0 Å². The summed E-state index contributed by atoms with van der Waals surface area (Å²) in [6, 6.07) is 4.92. The second-order valence-corrected chi connectivity index (χ2v) is 4.54. The highest BCUT2D eigenvalue weighted by atomic mass is 15.1. The lowest BCUT2D eigenvalue weighted by Crippen LogP contribution is -2.33. The van der Waals surface area contributed by atoms with Crippen LogP contribution in [0.25, 0.3) is 0 Å². The molecule has 1 N–H and O–H groups in total. The van der Waals surface area contributed by atoms with E-state index in [-0.39, 0.29) is 0 Å². The van der Waals surface area contributed by atoms with Gasteiger partial charge in [0.15, 0.2) is 0 Å². The number of aromatic nitrogens is 1. The zero-order valence-electron chi connectivity index (χ0n) is 11.0. The lowest BCUT2D eigenvalue weighted by molar-refractivity contribution is 0.273. The normalized spacial score (nSPS) is 11.6. The highest BCUT2D eigenvalue weighted by molar-refractivity contribution is 5.06. The van der Waals surface area contributed by atoms with Gasteiger partial charge in [-0.3, -0.25) is 0 Å². The molecular weight excluding hydrogens is 198 g/mol. The van der Waals surface area contributed by atoms with E-state index in [9.17, 15) is 0 Å². The molecule has 0 radical (unpaired) electrons. The monoisotopic (exact) mass is 223 g/mol. The van der Waals surface area contributed by atoms with Crippen molar-refractivity contribution >= 4 is 0 Å².